The summed E-state index contributed by atoms with van der Waals surface area (Å²) in [6.07, 6.45) is 0. The molecule has 0 amide bonds. The summed E-state index contributed by atoms with van der Waals surface area (Å²) in [7, 11) is 0. The van der Waals surface area contributed by atoms with Crippen LogP contribution in [0, 0.1) is 13.8 Å². The number of nitrogens with zero attached hydrogens (tertiary/aromatic N) is 2. The van der Waals surface area contributed by atoms with Gasteiger partial charge >= 0.3 is 0 Å². The smallest absolute Gasteiger partial charge is 0.282 e. The van der Waals surface area contributed by atoms with Crippen LogP contribution in [0.3, 0.4) is 0 Å². The number of thiazole rings is 1. The van der Waals surface area contributed by atoms with E-state index >= 15 is 0 Å². The van der Waals surface area contributed by atoms with Gasteiger partial charge in [-0.3, -0.25) is 0 Å². The van der Waals surface area contributed by atoms with E-state index < -0.39 is 0 Å². The maximum absolute atomic E-state index is 5.43. The minimum atomic E-state index is 0.0613. The molecule has 0 radical (unpaired) electrons. The largest absolute Gasteiger partial charge is 0.463 e. The molecule has 2 heterocycles. The zero-order valence-electron chi connectivity index (χ0n) is 7.57. The summed E-state index contributed by atoms with van der Waals surface area (Å²) in [5, 5.41) is 1.06. The molecule has 5 heteroatoms. The molecule has 0 saturated carbocycles. The number of nitrogens with two attached hydrogens (primary N) is 1. The molecule has 1 aliphatic rings. The second kappa shape index (κ2) is 2.99. The number of aromatic nitrogens is 1. The lowest BCUT2D eigenvalue weighted by atomic mass is 10.2. The Labute approximate surface area is 80.5 Å². The van der Waals surface area contributed by atoms with Crippen LogP contribution in [0.5, 0.6) is 0 Å². The van der Waals surface area contributed by atoms with Gasteiger partial charge in [-0.05, 0) is 13.8 Å². The summed E-state index contributed by atoms with van der Waals surface area (Å²) in [6.45, 7) is 4.53. The van der Waals surface area contributed by atoms with Crippen LogP contribution >= 0.6 is 11.3 Å². The van der Waals surface area contributed by atoms with Crippen LogP contribution in [-0.4, -0.2) is 17.6 Å². The van der Waals surface area contributed by atoms with E-state index in [1.165, 1.54) is 0 Å². The van der Waals surface area contributed by atoms with Crippen LogP contribution in [0.15, 0.2) is 4.99 Å². The molecule has 0 aliphatic carbocycles. The molecule has 13 heavy (non-hydrogen) atoms. The van der Waals surface area contributed by atoms with Crippen molar-refractivity contribution in [1.82, 2.24) is 4.98 Å². The number of hydrogen-bond donors (Lipinski definition) is 1. The molecule has 2 N–H and O–H groups in total. The molecule has 1 aromatic heterocycles. The van der Waals surface area contributed by atoms with Gasteiger partial charge in [0.15, 0.2) is 0 Å². The summed E-state index contributed by atoms with van der Waals surface area (Å²) in [6, 6.07) is 0.349. The van der Waals surface area contributed by atoms with E-state index in [-0.39, 0.29) is 12.1 Å². The number of aliphatic imine (C=N–C) groups is 1. The van der Waals surface area contributed by atoms with Crippen molar-refractivity contribution in [3.8, 4) is 0 Å². The highest BCUT2D eigenvalue weighted by molar-refractivity contribution is 7.11. The minimum Gasteiger partial charge on any atom is -0.463 e. The van der Waals surface area contributed by atoms with E-state index in [0.717, 1.165) is 15.6 Å². The minimum absolute atomic E-state index is 0.0613. The molecule has 1 aliphatic heterocycles. The molecule has 2 rings (SSSR count). The monoisotopic (exact) mass is 197 g/mol. The Morgan fingerprint density at radius 1 is 1.54 bits per heavy atom. The van der Waals surface area contributed by atoms with Crippen molar-refractivity contribution < 1.29 is 4.74 Å². The second-order valence-corrected chi connectivity index (χ2v) is 4.21. The van der Waals surface area contributed by atoms with E-state index in [0.29, 0.717) is 6.61 Å². The van der Waals surface area contributed by atoms with Gasteiger partial charge in [-0.15, -0.1) is 11.3 Å². The summed E-state index contributed by atoms with van der Waals surface area (Å²) in [5.41, 5.74) is 6.47. The standard InChI is InChI=1S/C8H11N3OS/c1-4-7(13-5(2)10-4)6-3-12-8(9)11-6/h6H,3H2,1-2H3,(H2,9,11). The normalized spacial score (nSPS) is 21.4. The van der Waals surface area contributed by atoms with E-state index in [1.807, 2.05) is 13.8 Å². The third kappa shape index (κ3) is 1.51. The van der Waals surface area contributed by atoms with Crippen molar-refractivity contribution in [2.45, 2.75) is 19.9 Å². The van der Waals surface area contributed by atoms with Crippen molar-refractivity contribution in [3.05, 3.63) is 15.6 Å². The van der Waals surface area contributed by atoms with E-state index in [4.69, 9.17) is 10.5 Å². The molecule has 0 aromatic carbocycles. The quantitative estimate of drug-likeness (QED) is 0.734. The van der Waals surface area contributed by atoms with Crippen molar-refractivity contribution in [2.75, 3.05) is 6.61 Å². The van der Waals surface area contributed by atoms with Crippen molar-refractivity contribution in [3.63, 3.8) is 0 Å². The van der Waals surface area contributed by atoms with Crippen molar-refractivity contribution in [1.29, 1.82) is 0 Å². The maximum atomic E-state index is 5.43. The Hall–Kier alpha value is -1.10. The summed E-state index contributed by atoms with van der Waals surface area (Å²) in [4.78, 5) is 9.67. The molecule has 1 aromatic rings. The first-order valence-corrected chi connectivity index (χ1v) is 4.88. The lowest BCUT2D eigenvalue weighted by Crippen LogP contribution is -2.10. The Balaban J connectivity index is 2.31. The fourth-order valence-corrected chi connectivity index (χ4v) is 2.33. The molecule has 1 unspecified atom stereocenters. The van der Waals surface area contributed by atoms with Gasteiger partial charge in [-0.25, -0.2) is 9.98 Å². The first kappa shape index (κ1) is 8.50. The summed E-state index contributed by atoms with van der Waals surface area (Å²) < 4.78 is 5.09. The first-order chi connectivity index (χ1) is 6.16. The predicted octanol–water partition coefficient (Wildman–Crippen LogP) is 1.15. The molecule has 70 valence electrons. The van der Waals surface area contributed by atoms with Gasteiger partial charge in [0, 0.05) is 0 Å². The third-order valence-corrected chi connectivity index (χ3v) is 3.09. The van der Waals surface area contributed by atoms with Crippen LogP contribution < -0.4 is 5.73 Å². The van der Waals surface area contributed by atoms with E-state index in [9.17, 15) is 0 Å². The van der Waals surface area contributed by atoms with E-state index in [2.05, 4.69) is 9.98 Å². The highest BCUT2D eigenvalue weighted by Crippen LogP contribution is 2.29. The first-order valence-electron chi connectivity index (χ1n) is 4.07. The molecular formula is C8H11N3OS. The number of hydrogen-bond acceptors (Lipinski definition) is 5. The average molecular weight is 197 g/mol. The maximum Gasteiger partial charge on any atom is 0.282 e. The molecule has 4 nitrogen and oxygen atoms in total. The number of aryl methyl sites for hydroxylation is 2. The highest BCUT2D eigenvalue weighted by atomic mass is 32.1. The number of rotatable bonds is 1. The summed E-state index contributed by atoms with van der Waals surface area (Å²) in [5.74, 6) is 0. The molecule has 0 spiro atoms. The fourth-order valence-electron chi connectivity index (χ4n) is 1.38. The van der Waals surface area contributed by atoms with Crippen molar-refractivity contribution >= 4 is 17.4 Å². The van der Waals surface area contributed by atoms with E-state index in [1.54, 1.807) is 11.3 Å². The lowest BCUT2D eigenvalue weighted by molar-refractivity contribution is 0.316. The number of amidine groups is 1. The SMILES string of the molecule is Cc1nc(C)c(C2COC(N)=N2)s1. The molecule has 1 atom stereocenters. The van der Waals surface area contributed by atoms with Crippen LogP contribution in [0.4, 0.5) is 0 Å². The molecule has 0 fully saturated rings. The Bertz CT molecular complexity index is 358. The van der Waals surface area contributed by atoms with Crippen LogP contribution in [-0.2, 0) is 4.74 Å². The van der Waals surface area contributed by atoms with Gasteiger partial charge in [0.1, 0.15) is 12.6 Å². The predicted molar refractivity (Wildman–Crippen MR) is 51.9 cm³/mol. The van der Waals surface area contributed by atoms with Crippen LogP contribution in [0.2, 0.25) is 0 Å². The molecule has 0 saturated heterocycles. The fraction of sp³-hybridized carbons (Fsp3) is 0.500. The highest BCUT2D eigenvalue weighted by Gasteiger charge is 2.22. The van der Waals surface area contributed by atoms with Gasteiger partial charge in [0.25, 0.3) is 6.02 Å². The van der Waals surface area contributed by atoms with Crippen LogP contribution in [0.1, 0.15) is 21.6 Å². The molecule has 0 bridgehead atoms. The van der Waals surface area contributed by atoms with Gasteiger partial charge in [0.05, 0.1) is 15.6 Å². The Morgan fingerprint density at radius 2 is 2.31 bits per heavy atom. The van der Waals surface area contributed by atoms with Gasteiger partial charge in [0.2, 0.25) is 0 Å². The van der Waals surface area contributed by atoms with Gasteiger partial charge < -0.3 is 10.5 Å². The van der Waals surface area contributed by atoms with Gasteiger partial charge in [-0.1, -0.05) is 0 Å². The third-order valence-electron chi connectivity index (χ3n) is 1.91. The Kier molecular flexibility index (Phi) is 1.95. The van der Waals surface area contributed by atoms with Crippen LogP contribution in [0.25, 0.3) is 0 Å². The lowest BCUT2D eigenvalue weighted by Gasteiger charge is -2.00. The number of ether oxygens (including phenoxy) is 1. The second-order valence-electron chi connectivity index (χ2n) is 2.98. The zero-order chi connectivity index (χ0) is 9.42. The zero-order valence-corrected chi connectivity index (χ0v) is 8.39. The Morgan fingerprint density at radius 3 is 2.77 bits per heavy atom. The van der Waals surface area contributed by atoms with Gasteiger partial charge in [-0.2, -0.15) is 0 Å². The average Bonchev–Trinajstić information content (AvgIpc) is 2.58. The molecular weight excluding hydrogens is 186 g/mol. The summed E-state index contributed by atoms with van der Waals surface area (Å²) >= 11 is 1.66. The topological polar surface area (TPSA) is 60.5 Å². The van der Waals surface area contributed by atoms with Crippen molar-refractivity contribution in [2.24, 2.45) is 10.7 Å².